The van der Waals surface area contributed by atoms with E-state index in [9.17, 15) is 9.18 Å². The molecule has 1 aliphatic rings. The number of hydrogen-bond donors (Lipinski definition) is 1. The number of nitrogens with zero attached hydrogens (tertiary/aromatic N) is 2. The van der Waals surface area contributed by atoms with Crippen molar-refractivity contribution in [3.63, 3.8) is 0 Å². The Balaban J connectivity index is 1.55. The highest BCUT2D eigenvalue weighted by Gasteiger charge is 2.21. The first kappa shape index (κ1) is 19.3. The quantitative estimate of drug-likeness (QED) is 0.697. The third-order valence-electron chi connectivity index (χ3n) is 4.38. The number of hydrogen-bond acceptors (Lipinski definition) is 3. The number of benzene rings is 2. The normalized spacial score (nSPS) is 15.2. The van der Waals surface area contributed by atoms with Crippen LogP contribution in [0.25, 0.3) is 0 Å². The Bertz CT molecular complexity index is 784. The zero-order valence-electron chi connectivity index (χ0n) is 14.4. The molecule has 0 radical (unpaired) electrons. The van der Waals surface area contributed by atoms with Gasteiger partial charge in [-0.3, -0.25) is 9.69 Å². The Morgan fingerprint density at radius 1 is 1.12 bits per heavy atom. The van der Waals surface area contributed by atoms with Crippen LogP contribution in [0.1, 0.15) is 5.56 Å². The lowest BCUT2D eigenvalue weighted by molar-refractivity contribution is -0.117. The number of para-hydroxylation sites is 1. The predicted octanol–water partition coefficient (Wildman–Crippen LogP) is 4.42. The van der Waals surface area contributed by atoms with E-state index in [1.54, 1.807) is 12.1 Å². The topological polar surface area (TPSA) is 35.6 Å². The molecule has 138 valence electrons. The summed E-state index contributed by atoms with van der Waals surface area (Å²) in [5, 5.41) is 2.96. The van der Waals surface area contributed by atoms with Crippen molar-refractivity contribution in [3.05, 3.63) is 56.7 Å². The minimum atomic E-state index is -0.201. The van der Waals surface area contributed by atoms with Gasteiger partial charge in [0.15, 0.2) is 0 Å². The highest BCUT2D eigenvalue weighted by molar-refractivity contribution is 9.11. The molecule has 2 aromatic rings. The first-order valence-electron chi connectivity index (χ1n) is 8.41. The molecular weight excluding hydrogens is 465 g/mol. The van der Waals surface area contributed by atoms with Gasteiger partial charge in [0.2, 0.25) is 5.91 Å². The third kappa shape index (κ3) is 4.64. The second kappa shape index (κ2) is 8.50. The van der Waals surface area contributed by atoms with Gasteiger partial charge in [-0.25, -0.2) is 4.39 Å². The minimum Gasteiger partial charge on any atom is -0.367 e. The highest BCUT2D eigenvalue weighted by atomic mass is 79.9. The van der Waals surface area contributed by atoms with Crippen LogP contribution in [0.5, 0.6) is 0 Å². The Morgan fingerprint density at radius 2 is 1.73 bits per heavy atom. The van der Waals surface area contributed by atoms with Gasteiger partial charge in [-0.1, -0.05) is 12.1 Å². The molecule has 0 aromatic heterocycles. The van der Waals surface area contributed by atoms with E-state index < -0.39 is 0 Å². The van der Waals surface area contributed by atoms with E-state index in [1.807, 2.05) is 30.0 Å². The number of carbonyl (C=O) groups excluding carboxylic acids is 1. The van der Waals surface area contributed by atoms with E-state index in [4.69, 9.17) is 0 Å². The average molecular weight is 485 g/mol. The molecule has 0 atom stereocenters. The number of carbonyl (C=O) groups is 1. The SMILES string of the molecule is Cc1cc(Br)c(NC(=O)CN2CCN(c3ccccc3F)CC2)c(Br)c1. The maximum atomic E-state index is 13.9. The Kier molecular flexibility index (Phi) is 6.32. The van der Waals surface area contributed by atoms with Gasteiger partial charge >= 0.3 is 0 Å². The molecular formula is C19H20Br2FN3O. The lowest BCUT2D eigenvalue weighted by atomic mass is 10.2. The number of rotatable bonds is 4. The van der Waals surface area contributed by atoms with Gasteiger partial charge in [-0.2, -0.15) is 0 Å². The van der Waals surface area contributed by atoms with Crippen LogP contribution in [0.2, 0.25) is 0 Å². The maximum Gasteiger partial charge on any atom is 0.238 e. The molecule has 1 aliphatic heterocycles. The molecule has 2 aromatic carbocycles. The molecule has 0 saturated carbocycles. The zero-order valence-corrected chi connectivity index (χ0v) is 17.6. The van der Waals surface area contributed by atoms with Crippen molar-refractivity contribution in [2.24, 2.45) is 0 Å². The maximum absolute atomic E-state index is 13.9. The van der Waals surface area contributed by atoms with Crippen LogP contribution in [0.15, 0.2) is 45.3 Å². The summed E-state index contributed by atoms with van der Waals surface area (Å²) in [7, 11) is 0. The monoisotopic (exact) mass is 483 g/mol. The molecule has 0 unspecified atom stereocenters. The van der Waals surface area contributed by atoms with Gasteiger partial charge < -0.3 is 10.2 Å². The van der Waals surface area contributed by atoms with Crippen molar-refractivity contribution < 1.29 is 9.18 Å². The molecule has 1 amide bonds. The van der Waals surface area contributed by atoms with Crippen molar-refractivity contribution >= 4 is 49.1 Å². The van der Waals surface area contributed by atoms with Crippen LogP contribution in [0.4, 0.5) is 15.8 Å². The van der Waals surface area contributed by atoms with Crippen LogP contribution in [0.3, 0.4) is 0 Å². The third-order valence-corrected chi connectivity index (χ3v) is 5.63. The summed E-state index contributed by atoms with van der Waals surface area (Å²) in [4.78, 5) is 16.5. The predicted molar refractivity (Wildman–Crippen MR) is 110 cm³/mol. The molecule has 1 heterocycles. The molecule has 0 spiro atoms. The van der Waals surface area contributed by atoms with Gasteiger partial charge in [0.25, 0.3) is 0 Å². The fraction of sp³-hybridized carbons (Fsp3) is 0.316. The molecule has 0 aliphatic carbocycles. The number of amides is 1. The Morgan fingerprint density at radius 3 is 2.35 bits per heavy atom. The second-order valence-corrected chi connectivity index (χ2v) is 8.08. The fourth-order valence-electron chi connectivity index (χ4n) is 3.06. The number of halogens is 3. The van der Waals surface area contributed by atoms with Gasteiger partial charge in [0, 0.05) is 35.1 Å². The minimum absolute atomic E-state index is 0.0606. The smallest absolute Gasteiger partial charge is 0.238 e. The van der Waals surface area contributed by atoms with Crippen LogP contribution in [0, 0.1) is 12.7 Å². The number of nitrogens with one attached hydrogen (secondary N) is 1. The van der Waals surface area contributed by atoms with Gasteiger partial charge in [0.05, 0.1) is 17.9 Å². The van der Waals surface area contributed by atoms with Crippen LogP contribution in [-0.4, -0.2) is 43.5 Å². The molecule has 0 bridgehead atoms. The molecule has 4 nitrogen and oxygen atoms in total. The fourth-order valence-corrected chi connectivity index (χ4v) is 4.67. The molecule has 1 saturated heterocycles. The van der Waals surface area contributed by atoms with Crippen molar-refractivity contribution in [2.45, 2.75) is 6.92 Å². The molecule has 1 N–H and O–H groups in total. The summed E-state index contributed by atoms with van der Waals surface area (Å²) in [6.07, 6.45) is 0. The zero-order chi connectivity index (χ0) is 18.7. The molecule has 7 heteroatoms. The summed E-state index contributed by atoms with van der Waals surface area (Å²) in [6.45, 7) is 5.16. The molecule has 26 heavy (non-hydrogen) atoms. The Hall–Kier alpha value is -1.44. The van der Waals surface area contributed by atoms with Gasteiger partial charge in [0.1, 0.15) is 5.82 Å². The van der Waals surface area contributed by atoms with E-state index in [1.165, 1.54) is 6.07 Å². The van der Waals surface area contributed by atoms with E-state index >= 15 is 0 Å². The summed E-state index contributed by atoms with van der Waals surface area (Å²) >= 11 is 6.98. The van der Waals surface area contributed by atoms with E-state index in [0.717, 1.165) is 33.3 Å². The summed E-state index contributed by atoms with van der Waals surface area (Å²) in [5.41, 5.74) is 2.47. The lowest BCUT2D eigenvalue weighted by Crippen LogP contribution is -2.48. The molecule has 3 rings (SSSR count). The summed E-state index contributed by atoms with van der Waals surface area (Å²) in [6, 6.07) is 10.7. The summed E-state index contributed by atoms with van der Waals surface area (Å²) in [5.74, 6) is -0.262. The average Bonchev–Trinajstić information content (AvgIpc) is 2.59. The number of piperazine rings is 1. The van der Waals surface area contributed by atoms with Crippen molar-refractivity contribution in [1.29, 1.82) is 0 Å². The van der Waals surface area contributed by atoms with Gasteiger partial charge in [-0.15, -0.1) is 0 Å². The lowest BCUT2D eigenvalue weighted by Gasteiger charge is -2.35. The molecule has 1 fully saturated rings. The van der Waals surface area contributed by atoms with Crippen molar-refractivity contribution in [1.82, 2.24) is 4.90 Å². The number of aryl methyl sites for hydroxylation is 1. The van der Waals surface area contributed by atoms with E-state index in [2.05, 4.69) is 42.1 Å². The van der Waals surface area contributed by atoms with Crippen LogP contribution < -0.4 is 10.2 Å². The van der Waals surface area contributed by atoms with E-state index in [0.29, 0.717) is 25.3 Å². The standard InChI is InChI=1S/C19H20Br2FN3O/c1-13-10-14(20)19(15(21)11-13)23-18(26)12-24-6-8-25(9-7-24)17-5-3-2-4-16(17)22/h2-5,10-11H,6-9,12H2,1H3,(H,23,26). The van der Waals surface area contributed by atoms with Crippen molar-refractivity contribution in [3.8, 4) is 0 Å². The van der Waals surface area contributed by atoms with E-state index in [-0.39, 0.29) is 11.7 Å². The first-order chi connectivity index (χ1) is 12.4. The first-order valence-corrected chi connectivity index (χ1v) is 10.00. The summed E-state index contributed by atoms with van der Waals surface area (Å²) < 4.78 is 15.6. The number of anilines is 2. The largest absolute Gasteiger partial charge is 0.367 e. The van der Waals surface area contributed by atoms with Crippen molar-refractivity contribution in [2.75, 3.05) is 42.9 Å². The van der Waals surface area contributed by atoms with Crippen LogP contribution in [-0.2, 0) is 4.79 Å². The highest BCUT2D eigenvalue weighted by Crippen LogP contribution is 2.32. The van der Waals surface area contributed by atoms with Gasteiger partial charge in [-0.05, 0) is 68.6 Å². The Labute approximate surface area is 169 Å². The second-order valence-electron chi connectivity index (χ2n) is 6.37. The van der Waals surface area contributed by atoms with Crippen LogP contribution >= 0.6 is 31.9 Å².